The minimum atomic E-state index is -1.83. The summed E-state index contributed by atoms with van der Waals surface area (Å²) >= 11 is 0. The van der Waals surface area contributed by atoms with E-state index in [1.807, 2.05) is 32.3 Å². The summed E-state index contributed by atoms with van der Waals surface area (Å²) in [6, 6.07) is 10.3. The van der Waals surface area contributed by atoms with Crippen molar-refractivity contribution in [2.45, 2.75) is 0 Å². The van der Waals surface area contributed by atoms with Gasteiger partial charge in [0.2, 0.25) is 0 Å². The van der Waals surface area contributed by atoms with Gasteiger partial charge in [0.1, 0.15) is 0 Å². The molecule has 1 aromatic carbocycles. The number of anilines is 1. The Balaban J connectivity index is 0. The van der Waals surface area contributed by atoms with E-state index in [2.05, 4.69) is 17.0 Å². The van der Waals surface area contributed by atoms with Gasteiger partial charge in [0.05, 0.1) is 0 Å². The van der Waals surface area contributed by atoms with Crippen LogP contribution in [-0.4, -0.2) is 81.8 Å². The average molecular weight is 223 g/mol. The molecule has 0 amide bonds. The van der Waals surface area contributed by atoms with Crippen LogP contribution in [0.4, 0.5) is 10.5 Å². The number of hydrogen-bond donors (Lipinski definition) is 2. The molecule has 0 saturated heterocycles. The fraction of sp³-hybridized carbons (Fsp3) is 0.222. The molecule has 0 aliphatic heterocycles. The summed E-state index contributed by atoms with van der Waals surface area (Å²) in [5, 5.41) is 13.9. The molecule has 0 bridgehead atoms. The Hall–Kier alpha value is -0.0736. The molecule has 74 valence electrons. The van der Waals surface area contributed by atoms with Gasteiger partial charge in [-0.3, -0.25) is 0 Å². The van der Waals surface area contributed by atoms with E-state index < -0.39 is 6.16 Å². The van der Waals surface area contributed by atoms with Crippen LogP contribution in [0.15, 0.2) is 30.3 Å². The minimum absolute atomic E-state index is 0. The van der Waals surface area contributed by atoms with Crippen molar-refractivity contribution in [3.8, 4) is 0 Å². The molecule has 0 radical (unpaired) electrons. The van der Waals surface area contributed by atoms with Crippen molar-refractivity contribution in [2.75, 3.05) is 19.0 Å². The van der Waals surface area contributed by atoms with Crippen molar-refractivity contribution in [3.63, 3.8) is 0 Å². The molecule has 0 atom stereocenters. The molecular weight excluding hydrogens is 209 g/mol. The van der Waals surface area contributed by atoms with E-state index in [1.165, 1.54) is 5.69 Å². The summed E-state index contributed by atoms with van der Waals surface area (Å²) in [6.45, 7) is 0. The SMILES string of the molecule is CN(C)c1ccccc1.O=C(O)O.[KH]. The van der Waals surface area contributed by atoms with E-state index in [0.717, 1.165) is 0 Å². The molecule has 0 spiro atoms. The summed E-state index contributed by atoms with van der Waals surface area (Å²) in [6.07, 6.45) is -1.83. The Bertz CT molecular complexity index is 247. The molecule has 5 heteroatoms. The van der Waals surface area contributed by atoms with Crippen molar-refractivity contribution < 1.29 is 15.0 Å². The Kier molecular flexibility index (Phi) is 11.1. The molecule has 1 aromatic rings. The average Bonchev–Trinajstić information content (AvgIpc) is 2.05. The summed E-state index contributed by atoms with van der Waals surface area (Å²) in [5.74, 6) is 0. The third kappa shape index (κ3) is 10.0. The van der Waals surface area contributed by atoms with Gasteiger partial charge in [0.15, 0.2) is 0 Å². The second kappa shape index (κ2) is 9.48. The van der Waals surface area contributed by atoms with Crippen molar-refractivity contribution in [1.29, 1.82) is 0 Å². The van der Waals surface area contributed by atoms with Gasteiger partial charge in [-0.25, -0.2) is 4.79 Å². The van der Waals surface area contributed by atoms with E-state index in [9.17, 15) is 0 Å². The zero-order valence-electron chi connectivity index (χ0n) is 7.64. The van der Waals surface area contributed by atoms with Crippen LogP contribution in [0, 0.1) is 0 Å². The third-order valence-corrected chi connectivity index (χ3v) is 1.27. The molecule has 2 N–H and O–H groups in total. The van der Waals surface area contributed by atoms with Crippen LogP contribution in [0.3, 0.4) is 0 Å². The summed E-state index contributed by atoms with van der Waals surface area (Å²) < 4.78 is 0. The monoisotopic (exact) mass is 223 g/mol. The predicted molar refractivity (Wildman–Crippen MR) is 58.6 cm³/mol. The van der Waals surface area contributed by atoms with Crippen LogP contribution < -0.4 is 4.90 Å². The van der Waals surface area contributed by atoms with E-state index in [-0.39, 0.29) is 51.4 Å². The van der Waals surface area contributed by atoms with E-state index >= 15 is 0 Å². The molecule has 14 heavy (non-hydrogen) atoms. The van der Waals surface area contributed by atoms with Crippen LogP contribution >= 0.6 is 0 Å². The number of hydrogen-bond acceptors (Lipinski definition) is 2. The molecule has 4 nitrogen and oxygen atoms in total. The number of nitrogens with zero attached hydrogens (tertiary/aromatic N) is 1. The quantitative estimate of drug-likeness (QED) is 0.705. The molecular formula is C9H14KNO3. The summed E-state index contributed by atoms with van der Waals surface area (Å²) in [5.41, 5.74) is 1.25. The molecule has 0 fully saturated rings. The van der Waals surface area contributed by atoms with Gasteiger partial charge in [-0.05, 0) is 12.1 Å². The number of rotatable bonds is 1. The first kappa shape index (κ1) is 16.4. The maximum atomic E-state index is 8.56. The second-order valence-corrected chi connectivity index (χ2v) is 2.51. The first-order valence-electron chi connectivity index (χ1n) is 3.68. The standard InChI is InChI=1S/C8H11N.CH2O3.K.H/c1-9(2)8-6-4-3-5-7-8;2-1(3)4;;/h3-7H,1-2H3;(H2,2,3,4);;. The van der Waals surface area contributed by atoms with Crippen LogP contribution in [0.2, 0.25) is 0 Å². The van der Waals surface area contributed by atoms with Gasteiger partial charge >= 0.3 is 57.5 Å². The van der Waals surface area contributed by atoms with Crippen LogP contribution in [-0.2, 0) is 0 Å². The van der Waals surface area contributed by atoms with Crippen molar-refractivity contribution >= 4 is 63.2 Å². The molecule has 0 aliphatic carbocycles. The fourth-order valence-corrected chi connectivity index (χ4v) is 0.726. The van der Waals surface area contributed by atoms with E-state index in [1.54, 1.807) is 0 Å². The van der Waals surface area contributed by atoms with Crippen molar-refractivity contribution in [3.05, 3.63) is 30.3 Å². The number of benzene rings is 1. The van der Waals surface area contributed by atoms with Crippen molar-refractivity contribution in [2.24, 2.45) is 0 Å². The van der Waals surface area contributed by atoms with E-state index in [4.69, 9.17) is 15.0 Å². The van der Waals surface area contributed by atoms with Crippen LogP contribution in [0.25, 0.3) is 0 Å². The Morgan fingerprint density at radius 3 is 1.71 bits per heavy atom. The van der Waals surface area contributed by atoms with Gasteiger partial charge in [0, 0.05) is 19.8 Å². The van der Waals surface area contributed by atoms with Gasteiger partial charge < -0.3 is 15.1 Å². The molecule has 0 aliphatic rings. The Labute approximate surface area is 126 Å². The Morgan fingerprint density at radius 1 is 1.14 bits per heavy atom. The zero-order valence-corrected chi connectivity index (χ0v) is 7.64. The molecule has 0 heterocycles. The van der Waals surface area contributed by atoms with Gasteiger partial charge in [0.25, 0.3) is 0 Å². The molecule has 0 unspecified atom stereocenters. The molecule has 1 rings (SSSR count). The molecule has 0 aromatic heterocycles. The predicted octanol–water partition coefficient (Wildman–Crippen LogP) is 1.33. The zero-order chi connectivity index (χ0) is 10.3. The third-order valence-electron chi connectivity index (χ3n) is 1.27. The maximum absolute atomic E-state index is 8.56. The van der Waals surface area contributed by atoms with Gasteiger partial charge in [-0.2, -0.15) is 0 Å². The normalized spacial score (nSPS) is 7.57. The number of para-hydroxylation sites is 1. The molecule has 0 saturated carbocycles. The summed E-state index contributed by atoms with van der Waals surface area (Å²) in [4.78, 5) is 10.6. The van der Waals surface area contributed by atoms with Crippen LogP contribution in [0.1, 0.15) is 0 Å². The van der Waals surface area contributed by atoms with Crippen LogP contribution in [0.5, 0.6) is 0 Å². The van der Waals surface area contributed by atoms with Gasteiger partial charge in [-0.15, -0.1) is 0 Å². The first-order chi connectivity index (χ1) is 6.04. The topological polar surface area (TPSA) is 60.8 Å². The van der Waals surface area contributed by atoms with E-state index in [0.29, 0.717) is 0 Å². The van der Waals surface area contributed by atoms with Crippen molar-refractivity contribution in [1.82, 2.24) is 0 Å². The second-order valence-electron chi connectivity index (χ2n) is 2.51. The number of carboxylic acid groups (broad SMARTS) is 2. The summed E-state index contributed by atoms with van der Waals surface area (Å²) in [7, 11) is 4.07. The number of carbonyl (C=O) groups is 1. The Morgan fingerprint density at radius 2 is 1.50 bits per heavy atom. The van der Waals surface area contributed by atoms with Gasteiger partial charge in [-0.1, -0.05) is 18.2 Å². The first-order valence-corrected chi connectivity index (χ1v) is 3.68. The fourth-order valence-electron chi connectivity index (χ4n) is 0.726.